The fourth-order valence-electron chi connectivity index (χ4n) is 1.95. The van der Waals surface area contributed by atoms with E-state index in [1.807, 2.05) is 0 Å². The Morgan fingerprint density at radius 3 is 1.97 bits per heavy atom. The van der Waals surface area contributed by atoms with Gasteiger partial charge in [-0.2, -0.15) is 43.2 Å². The van der Waals surface area contributed by atoms with E-state index in [0.717, 1.165) is 13.0 Å². The van der Waals surface area contributed by atoms with Crippen LogP contribution in [0, 0.1) is 12.8 Å². The summed E-state index contributed by atoms with van der Waals surface area (Å²) in [4.78, 5) is 23.6. The zero-order valence-corrected chi connectivity index (χ0v) is 18.4. The van der Waals surface area contributed by atoms with E-state index in [9.17, 15) is 52.8 Å². The summed E-state index contributed by atoms with van der Waals surface area (Å²) < 4.78 is 142. The van der Waals surface area contributed by atoms with E-state index in [1.54, 1.807) is 6.92 Å². The number of carbonyl (C=O) groups is 2. The van der Waals surface area contributed by atoms with Crippen molar-refractivity contribution in [2.45, 2.75) is 43.6 Å². The predicted molar refractivity (Wildman–Crippen MR) is 97.0 cm³/mol. The summed E-state index contributed by atoms with van der Waals surface area (Å²) in [6, 6.07) is 1.93. The molecule has 0 spiro atoms. The second-order valence-electron chi connectivity index (χ2n) is 6.62. The van der Waals surface area contributed by atoms with E-state index < -0.39 is 71.4 Å². The molecule has 188 valence electrons. The first-order valence-corrected chi connectivity index (χ1v) is 11.4. The van der Waals surface area contributed by atoms with Gasteiger partial charge in [0.25, 0.3) is 0 Å². The van der Waals surface area contributed by atoms with E-state index in [-0.39, 0.29) is 0 Å². The second-order valence-corrected chi connectivity index (χ2v) is 9.67. The van der Waals surface area contributed by atoms with Crippen LogP contribution in [-0.2, 0) is 29.8 Å². The van der Waals surface area contributed by atoms with Crippen molar-refractivity contribution in [2.75, 3.05) is 0 Å². The molecule has 0 saturated carbocycles. The van der Waals surface area contributed by atoms with E-state index in [0.29, 0.717) is 18.6 Å². The topological polar surface area (TPSA) is 141 Å². The summed E-state index contributed by atoms with van der Waals surface area (Å²) in [7, 11) is -14.2. The maximum Gasteiger partial charge on any atom is 0.450 e. The molecule has 0 aliphatic heterocycles. The van der Waals surface area contributed by atoms with Crippen LogP contribution in [-0.4, -0.2) is 49.8 Å². The van der Waals surface area contributed by atoms with E-state index >= 15 is 0 Å². The quantitative estimate of drug-likeness (QED) is 0.168. The standard InChI is InChI=1S/C16H16F6O9S2/c1-4-8(2)12(23)30-13(24)10-5-6-11(9(3)7-10)31-33(28,29)16(21,22)14(17,18)15(19,20)32(25,26)27/h5-8H,4H2,1-3H3,(H,25,26,27). The van der Waals surface area contributed by atoms with Gasteiger partial charge in [0.05, 0.1) is 11.5 Å². The Morgan fingerprint density at radius 1 is 1.03 bits per heavy atom. The van der Waals surface area contributed by atoms with Crippen LogP contribution in [0.1, 0.15) is 36.2 Å². The van der Waals surface area contributed by atoms with Gasteiger partial charge in [-0.25, -0.2) is 4.79 Å². The maximum absolute atomic E-state index is 13.9. The molecule has 9 nitrogen and oxygen atoms in total. The summed E-state index contributed by atoms with van der Waals surface area (Å²) in [5.41, 5.74) is -0.895. The fraction of sp³-hybridized carbons (Fsp3) is 0.500. The van der Waals surface area contributed by atoms with Crippen molar-refractivity contribution in [2.24, 2.45) is 5.92 Å². The molecule has 0 radical (unpaired) electrons. The number of carbonyl (C=O) groups excluding carboxylic acids is 2. The van der Waals surface area contributed by atoms with Crippen molar-refractivity contribution in [3.8, 4) is 5.75 Å². The minimum Gasteiger partial charge on any atom is -0.389 e. The van der Waals surface area contributed by atoms with E-state index in [1.165, 1.54) is 6.92 Å². The van der Waals surface area contributed by atoms with Crippen LogP contribution >= 0.6 is 0 Å². The van der Waals surface area contributed by atoms with Crippen molar-refractivity contribution in [3.63, 3.8) is 0 Å². The molecule has 1 aromatic rings. The highest BCUT2D eigenvalue weighted by Gasteiger charge is 2.83. The van der Waals surface area contributed by atoms with Gasteiger partial charge in [-0.1, -0.05) is 13.8 Å². The van der Waals surface area contributed by atoms with Crippen LogP contribution in [0.15, 0.2) is 18.2 Å². The van der Waals surface area contributed by atoms with Crippen molar-refractivity contribution < 1.29 is 66.2 Å². The van der Waals surface area contributed by atoms with Crippen LogP contribution in [0.2, 0.25) is 0 Å². The smallest absolute Gasteiger partial charge is 0.389 e. The molecule has 1 aromatic carbocycles. The number of aryl methyl sites for hydroxylation is 1. The summed E-state index contributed by atoms with van der Waals surface area (Å²) in [6.45, 7) is 4.00. The van der Waals surface area contributed by atoms with Gasteiger partial charge in [-0.3, -0.25) is 9.35 Å². The lowest BCUT2D eigenvalue weighted by atomic mass is 10.1. The van der Waals surface area contributed by atoms with Crippen LogP contribution in [0.4, 0.5) is 26.3 Å². The molecular formula is C16H16F6O9S2. The minimum atomic E-state index is -7.18. The van der Waals surface area contributed by atoms with E-state index in [2.05, 4.69) is 8.92 Å². The Hall–Kier alpha value is -2.40. The number of rotatable bonds is 9. The lowest BCUT2D eigenvalue weighted by Crippen LogP contribution is -2.61. The molecule has 0 aliphatic rings. The number of benzene rings is 1. The van der Waals surface area contributed by atoms with Crippen molar-refractivity contribution in [3.05, 3.63) is 29.3 Å². The summed E-state index contributed by atoms with van der Waals surface area (Å²) in [5, 5.41) is -13.8. The third-order valence-corrected chi connectivity index (χ3v) is 6.37. The molecule has 17 heteroatoms. The average Bonchev–Trinajstić information content (AvgIpc) is 2.67. The van der Waals surface area contributed by atoms with Crippen LogP contribution in [0.3, 0.4) is 0 Å². The molecule has 1 N–H and O–H groups in total. The molecule has 1 unspecified atom stereocenters. The Labute approximate surface area is 183 Å². The van der Waals surface area contributed by atoms with Gasteiger partial charge in [0.1, 0.15) is 5.75 Å². The first-order chi connectivity index (χ1) is 14.6. The Bertz CT molecular complexity index is 1150. The third kappa shape index (κ3) is 5.24. The molecule has 0 aromatic heterocycles. The maximum atomic E-state index is 13.9. The van der Waals surface area contributed by atoms with Crippen molar-refractivity contribution in [1.82, 2.24) is 0 Å². The summed E-state index contributed by atoms with van der Waals surface area (Å²) in [6.07, 6.45) is 0.325. The van der Waals surface area contributed by atoms with Gasteiger partial charge >= 0.3 is 48.6 Å². The molecule has 1 atom stereocenters. The van der Waals surface area contributed by atoms with Gasteiger partial charge < -0.3 is 8.92 Å². The molecular weight excluding hydrogens is 514 g/mol. The number of hydrogen-bond acceptors (Lipinski definition) is 8. The Kier molecular flexibility index (Phi) is 7.89. The predicted octanol–water partition coefficient (Wildman–Crippen LogP) is 3.14. The molecule has 1 rings (SSSR count). The van der Waals surface area contributed by atoms with Gasteiger partial charge in [0.2, 0.25) is 0 Å². The Morgan fingerprint density at radius 2 is 1.55 bits per heavy atom. The number of ether oxygens (including phenoxy) is 1. The molecule has 33 heavy (non-hydrogen) atoms. The third-order valence-electron chi connectivity index (χ3n) is 4.19. The zero-order valence-electron chi connectivity index (χ0n) is 16.8. The van der Waals surface area contributed by atoms with Crippen LogP contribution in [0.5, 0.6) is 5.75 Å². The van der Waals surface area contributed by atoms with Gasteiger partial charge in [-0.05, 0) is 37.1 Å². The van der Waals surface area contributed by atoms with Crippen molar-refractivity contribution >= 4 is 32.2 Å². The molecule has 0 aliphatic carbocycles. The molecule has 0 amide bonds. The normalized spacial score (nSPS) is 14.5. The van der Waals surface area contributed by atoms with Gasteiger partial charge in [-0.15, -0.1) is 0 Å². The highest BCUT2D eigenvalue weighted by Crippen LogP contribution is 2.51. The summed E-state index contributed by atoms with van der Waals surface area (Å²) >= 11 is 0. The zero-order chi connectivity index (χ0) is 26.2. The lowest BCUT2D eigenvalue weighted by molar-refractivity contribution is -0.247. The van der Waals surface area contributed by atoms with Crippen molar-refractivity contribution in [1.29, 1.82) is 0 Å². The number of hydrogen-bond donors (Lipinski definition) is 1. The lowest BCUT2D eigenvalue weighted by Gasteiger charge is -2.29. The number of esters is 2. The second kappa shape index (κ2) is 9.09. The minimum absolute atomic E-state index is 0.325. The van der Waals surface area contributed by atoms with Gasteiger partial charge in [0, 0.05) is 0 Å². The van der Waals surface area contributed by atoms with Crippen LogP contribution < -0.4 is 4.18 Å². The monoisotopic (exact) mass is 530 g/mol. The largest absolute Gasteiger partial charge is 0.450 e. The summed E-state index contributed by atoms with van der Waals surface area (Å²) in [5.74, 6) is -11.1. The Balaban J connectivity index is 3.28. The molecule has 0 bridgehead atoms. The van der Waals surface area contributed by atoms with Crippen LogP contribution in [0.25, 0.3) is 0 Å². The first kappa shape index (κ1) is 28.6. The SMILES string of the molecule is CCC(C)C(=O)OC(=O)c1ccc(OS(=O)(=O)C(F)(F)C(F)(F)C(F)(F)S(=O)(=O)O)c(C)c1. The van der Waals surface area contributed by atoms with E-state index in [4.69, 9.17) is 4.55 Å². The average molecular weight is 530 g/mol. The highest BCUT2D eigenvalue weighted by molar-refractivity contribution is 7.88. The molecule has 0 fully saturated rings. The number of halogens is 6. The highest BCUT2D eigenvalue weighted by atomic mass is 32.2. The molecule has 0 saturated heterocycles. The first-order valence-electron chi connectivity index (χ1n) is 8.55. The number of alkyl halides is 6. The fourth-order valence-corrected chi connectivity index (χ4v) is 3.43. The van der Waals surface area contributed by atoms with Gasteiger partial charge in [0.15, 0.2) is 0 Å². The molecule has 0 heterocycles.